The Morgan fingerprint density at radius 1 is 1.44 bits per heavy atom. The van der Waals surface area contributed by atoms with Crippen molar-refractivity contribution in [3.63, 3.8) is 0 Å². The van der Waals surface area contributed by atoms with E-state index in [1.807, 2.05) is 11.8 Å². The summed E-state index contributed by atoms with van der Waals surface area (Å²) in [4.78, 5) is 11.3. The summed E-state index contributed by atoms with van der Waals surface area (Å²) in [5.74, 6) is 1.13. The van der Waals surface area contributed by atoms with Crippen LogP contribution < -0.4 is 0 Å². The summed E-state index contributed by atoms with van der Waals surface area (Å²) in [6.07, 6.45) is 6.15. The molecule has 106 valence electrons. The van der Waals surface area contributed by atoms with Gasteiger partial charge in [-0.25, -0.2) is 0 Å². The molecule has 2 heteroatoms. The van der Waals surface area contributed by atoms with Crippen LogP contribution in [0.1, 0.15) is 73.6 Å². The minimum Gasteiger partial charge on any atom is -0.300 e. The van der Waals surface area contributed by atoms with Crippen LogP contribution in [-0.2, 0) is 4.79 Å². The van der Waals surface area contributed by atoms with Crippen molar-refractivity contribution in [2.24, 2.45) is 11.3 Å². The summed E-state index contributed by atoms with van der Waals surface area (Å²) in [7, 11) is 0. The zero-order chi connectivity index (χ0) is 14.0. The fraction of sp³-hybridized carbons (Fsp3) is 0.938. The summed E-state index contributed by atoms with van der Waals surface area (Å²) in [6.45, 7) is 13.3. The van der Waals surface area contributed by atoms with Crippen LogP contribution in [0.5, 0.6) is 0 Å². The predicted octanol–water partition coefficient (Wildman–Crippen LogP) is 5.08. The van der Waals surface area contributed by atoms with Gasteiger partial charge < -0.3 is 0 Å². The largest absolute Gasteiger partial charge is 0.300 e. The standard InChI is InChI=1S/C16H30OS/c1-12(17)10-16(5,6)18-13(2)14-8-7-9-15(3,4)11-14/h13-14H,7-11H2,1-6H3. The number of rotatable bonds is 5. The molecular weight excluding hydrogens is 240 g/mol. The molecule has 0 saturated heterocycles. The van der Waals surface area contributed by atoms with Crippen molar-refractivity contribution in [1.82, 2.24) is 0 Å². The topological polar surface area (TPSA) is 17.1 Å². The van der Waals surface area contributed by atoms with E-state index in [4.69, 9.17) is 0 Å². The van der Waals surface area contributed by atoms with Crippen LogP contribution in [0, 0.1) is 11.3 Å². The average Bonchev–Trinajstić information content (AvgIpc) is 2.12. The molecule has 1 aliphatic rings. The lowest BCUT2D eigenvalue weighted by molar-refractivity contribution is -0.117. The number of carbonyl (C=O) groups excluding carboxylic acids is 1. The van der Waals surface area contributed by atoms with Gasteiger partial charge in [-0.1, -0.05) is 41.0 Å². The van der Waals surface area contributed by atoms with Gasteiger partial charge in [0.15, 0.2) is 0 Å². The van der Waals surface area contributed by atoms with Crippen molar-refractivity contribution in [1.29, 1.82) is 0 Å². The zero-order valence-corrected chi connectivity index (χ0v) is 13.8. The lowest BCUT2D eigenvalue weighted by atomic mass is 9.71. The molecule has 0 spiro atoms. The highest BCUT2D eigenvalue weighted by atomic mass is 32.2. The normalized spacial score (nSPS) is 25.8. The fourth-order valence-electron chi connectivity index (χ4n) is 3.40. The van der Waals surface area contributed by atoms with Gasteiger partial charge >= 0.3 is 0 Å². The Bertz CT molecular complexity index is 293. The molecule has 1 nitrogen and oxygen atoms in total. The summed E-state index contributed by atoms with van der Waals surface area (Å²) in [5, 5.41) is 0.666. The van der Waals surface area contributed by atoms with Crippen LogP contribution in [-0.4, -0.2) is 15.8 Å². The van der Waals surface area contributed by atoms with Gasteiger partial charge in [0, 0.05) is 16.4 Å². The highest BCUT2D eigenvalue weighted by Gasteiger charge is 2.34. The Balaban J connectivity index is 2.54. The third-order valence-electron chi connectivity index (χ3n) is 4.09. The third-order valence-corrected chi connectivity index (χ3v) is 5.63. The number of hydrogen-bond donors (Lipinski definition) is 0. The van der Waals surface area contributed by atoms with E-state index in [1.165, 1.54) is 25.7 Å². The molecule has 0 aromatic rings. The number of thioether (sulfide) groups is 1. The smallest absolute Gasteiger partial charge is 0.131 e. The SMILES string of the molecule is CC(=O)CC(C)(C)SC(C)C1CCCC(C)(C)C1. The molecule has 1 rings (SSSR count). The molecule has 0 aromatic carbocycles. The van der Waals surface area contributed by atoms with Crippen molar-refractivity contribution >= 4 is 17.5 Å². The molecule has 0 aromatic heterocycles. The average molecular weight is 270 g/mol. The number of hydrogen-bond acceptors (Lipinski definition) is 2. The minimum absolute atomic E-state index is 0.0901. The second kappa shape index (κ2) is 5.98. The monoisotopic (exact) mass is 270 g/mol. The Hall–Kier alpha value is 0.0200. The van der Waals surface area contributed by atoms with E-state index in [-0.39, 0.29) is 4.75 Å². The fourth-order valence-corrected chi connectivity index (χ4v) is 5.12. The maximum atomic E-state index is 11.3. The van der Waals surface area contributed by atoms with Gasteiger partial charge in [-0.15, -0.1) is 0 Å². The first kappa shape index (κ1) is 16.1. The highest BCUT2D eigenvalue weighted by Crippen LogP contribution is 2.45. The third kappa shape index (κ3) is 5.34. The van der Waals surface area contributed by atoms with Crippen molar-refractivity contribution in [3.8, 4) is 0 Å². The van der Waals surface area contributed by atoms with E-state index in [9.17, 15) is 4.79 Å². The Labute approximate surface area is 117 Å². The summed E-state index contributed by atoms with van der Waals surface area (Å²) < 4.78 is 0.0901. The van der Waals surface area contributed by atoms with Crippen molar-refractivity contribution < 1.29 is 4.79 Å². The summed E-state index contributed by atoms with van der Waals surface area (Å²) >= 11 is 2.02. The molecule has 2 unspecified atom stereocenters. The molecule has 2 atom stereocenters. The lowest BCUT2D eigenvalue weighted by Gasteiger charge is -2.40. The number of ketones is 1. The van der Waals surface area contributed by atoms with Gasteiger partial charge in [-0.2, -0.15) is 11.8 Å². The van der Waals surface area contributed by atoms with E-state index in [0.29, 0.717) is 22.9 Å². The maximum absolute atomic E-state index is 11.3. The van der Waals surface area contributed by atoms with Gasteiger partial charge in [-0.3, -0.25) is 4.79 Å². The quantitative estimate of drug-likeness (QED) is 0.693. The minimum atomic E-state index is 0.0901. The molecule has 0 radical (unpaired) electrons. The lowest BCUT2D eigenvalue weighted by Crippen LogP contribution is -2.31. The van der Waals surface area contributed by atoms with E-state index in [0.717, 1.165) is 5.92 Å². The molecular formula is C16H30OS. The van der Waals surface area contributed by atoms with Gasteiger partial charge in [0.05, 0.1) is 0 Å². The number of carbonyl (C=O) groups is 1. The van der Waals surface area contributed by atoms with Crippen molar-refractivity contribution in [2.75, 3.05) is 0 Å². The molecule has 0 bridgehead atoms. The van der Waals surface area contributed by atoms with Gasteiger partial charge in [0.2, 0.25) is 0 Å². The predicted molar refractivity (Wildman–Crippen MR) is 82.2 cm³/mol. The second-order valence-corrected chi connectivity index (χ2v) is 9.57. The van der Waals surface area contributed by atoms with E-state index < -0.39 is 0 Å². The molecule has 0 amide bonds. The van der Waals surface area contributed by atoms with Crippen LogP contribution in [0.3, 0.4) is 0 Å². The molecule has 1 fully saturated rings. The van der Waals surface area contributed by atoms with Gasteiger partial charge in [0.25, 0.3) is 0 Å². The summed E-state index contributed by atoms with van der Waals surface area (Å²) in [5.41, 5.74) is 0.516. The first-order chi connectivity index (χ1) is 8.11. The number of Topliss-reactive ketones (excluding diaryl/α,β-unsaturated/α-hetero) is 1. The van der Waals surface area contributed by atoms with Crippen LogP contribution in [0.2, 0.25) is 0 Å². The van der Waals surface area contributed by atoms with E-state index in [1.54, 1.807) is 6.92 Å². The van der Waals surface area contributed by atoms with Crippen molar-refractivity contribution in [3.05, 3.63) is 0 Å². The Morgan fingerprint density at radius 2 is 2.06 bits per heavy atom. The van der Waals surface area contributed by atoms with Gasteiger partial charge in [-0.05, 0) is 37.5 Å². The first-order valence-electron chi connectivity index (χ1n) is 7.29. The van der Waals surface area contributed by atoms with Crippen LogP contribution >= 0.6 is 11.8 Å². The molecule has 0 N–H and O–H groups in total. The van der Waals surface area contributed by atoms with Crippen LogP contribution in [0.15, 0.2) is 0 Å². The molecule has 0 aliphatic heterocycles. The summed E-state index contributed by atoms with van der Waals surface area (Å²) in [6, 6.07) is 0. The first-order valence-corrected chi connectivity index (χ1v) is 8.16. The van der Waals surface area contributed by atoms with Crippen LogP contribution in [0.25, 0.3) is 0 Å². The Kier molecular flexibility index (Phi) is 5.34. The van der Waals surface area contributed by atoms with E-state index in [2.05, 4.69) is 34.6 Å². The van der Waals surface area contributed by atoms with E-state index >= 15 is 0 Å². The van der Waals surface area contributed by atoms with Crippen LogP contribution in [0.4, 0.5) is 0 Å². The second-order valence-electron chi connectivity index (χ2n) is 7.48. The highest BCUT2D eigenvalue weighted by molar-refractivity contribution is 8.01. The molecule has 0 heterocycles. The molecule has 1 aliphatic carbocycles. The van der Waals surface area contributed by atoms with Gasteiger partial charge in [0.1, 0.15) is 5.78 Å². The molecule has 18 heavy (non-hydrogen) atoms. The molecule has 1 saturated carbocycles. The van der Waals surface area contributed by atoms with Crippen molar-refractivity contribution in [2.45, 2.75) is 83.6 Å². The zero-order valence-electron chi connectivity index (χ0n) is 13.0. The Morgan fingerprint density at radius 3 is 2.56 bits per heavy atom. The maximum Gasteiger partial charge on any atom is 0.131 e.